The van der Waals surface area contributed by atoms with Crippen molar-refractivity contribution < 1.29 is 4.79 Å². The number of amides is 1. The molecule has 19 heavy (non-hydrogen) atoms. The first-order valence-corrected chi connectivity index (χ1v) is 6.54. The number of rotatable bonds is 6. The fraction of sp³-hybridized carbons (Fsp3) is 0.692. The summed E-state index contributed by atoms with van der Waals surface area (Å²) in [5.74, 6) is 0.161. The molecular weight excluding hydrogens is 264 g/mol. The number of hydrogen-bond donors (Lipinski definition) is 3. The van der Waals surface area contributed by atoms with Gasteiger partial charge in [-0.3, -0.25) is 9.89 Å². The third-order valence-corrected chi connectivity index (χ3v) is 3.46. The monoisotopic (exact) mass is 288 g/mol. The van der Waals surface area contributed by atoms with E-state index in [1.807, 2.05) is 27.7 Å². The van der Waals surface area contributed by atoms with Crippen LogP contribution in [0.5, 0.6) is 0 Å². The van der Waals surface area contributed by atoms with E-state index in [4.69, 9.17) is 5.73 Å². The van der Waals surface area contributed by atoms with Gasteiger partial charge in [0.1, 0.15) is 5.69 Å². The van der Waals surface area contributed by atoms with E-state index in [2.05, 4.69) is 15.5 Å². The number of nitrogens with two attached hydrogens (primary N) is 1. The lowest BCUT2D eigenvalue weighted by atomic mass is 9.94. The molecule has 1 aromatic heterocycles. The smallest absolute Gasteiger partial charge is 0.271 e. The molecule has 0 bridgehead atoms. The number of aromatic nitrogens is 2. The van der Waals surface area contributed by atoms with Gasteiger partial charge < -0.3 is 11.1 Å². The Morgan fingerprint density at radius 3 is 2.47 bits per heavy atom. The van der Waals surface area contributed by atoms with Gasteiger partial charge >= 0.3 is 0 Å². The summed E-state index contributed by atoms with van der Waals surface area (Å²) < 4.78 is 0. The average molecular weight is 289 g/mol. The fourth-order valence-corrected chi connectivity index (χ4v) is 1.60. The number of hydrogen-bond acceptors (Lipinski definition) is 3. The van der Waals surface area contributed by atoms with Gasteiger partial charge in [0, 0.05) is 17.8 Å². The van der Waals surface area contributed by atoms with Gasteiger partial charge in [-0.1, -0.05) is 27.7 Å². The van der Waals surface area contributed by atoms with Crippen LogP contribution in [0.15, 0.2) is 6.07 Å². The van der Waals surface area contributed by atoms with Crippen LogP contribution >= 0.6 is 12.4 Å². The maximum absolute atomic E-state index is 11.9. The molecule has 4 N–H and O–H groups in total. The van der Waals surface area contributed by atoms with E-state index in [0.29, 0.717) is 18.2 Å². The van der Waals surface area contributed by atoms with Gasteiger partial charge in [0.2, 0.25) is 0 Å². The van der Waals surface area contributed by atoms with E-state index < -0.39 is 0 Å². The number of aromatic amines is 1. The second-order valence-electron chi connectivity index (χ2n) is 5.12. The van der Waals surface area contributed by atoms with Gasteiger partial charge in [-0.2, -0.15) is 5.10 Å². The van der Waals surface area contributed by atoms with E-state index in [-0.39, 0.29) is 23.9 Å². The molecule has 0 fully saturated rings. The van der Waals surface area contributed by atoms with Crippen molar-refractivity contribution in [2.45, 2.75) is 52.0 Å². The van der Waals surface area contributed by atoms with E-state index in [1.54, 1.807) is 6.07 Å². The molecule has 1 amide bonds. The van der Waals surface area contributed by atoms with Crippen LogP contribution in [0.1, 0.15) is 62.6 Å². The van der Waals surface area contributed by atoms with Crippen LogP contribution < -0.4 is 11.1 Å². The Balaban J connectivity index is 0.00000324. The first kappa shape index (κ1) is 17.9. The van der Waals surface area contributed by atoms with Crippen molar-refractivity contribution in [3.8, 4) is 0 Å². The maximum Gasteiger partial charge on any atom is 0.271 e. The highest BCUT2D eigenvalue weighted by atomic mass is 35.5. The summed E-state index contributed by atoms with van der Waals surface area (Å²) in [6.45, 7) is 8.63. The van der Waals surface area contributed by atoms with Crippen molar-refractivity contribution in [1.29, 1.82) is 0 Å². The first-order chi connectivity index (χ1) is 8.41. The van der Waals surface area contributed by atoms with Gasteiger partial charge in [0.05, 0.1) is 0 Å². The number of carbonyl (C=O) groups excluding carboxylic acids is 1. The highest BCUT2D eigenvalue weighted by molar-refractivity contribution is 5.92. The summed E-state index contributed by atoms with van der Waals surface area (Å²) in [4.78, 5) is 11.9. The second-order valence-corrected chi connectivity index (χ2v) is 5.12. The van der Waals surface area contributed by atoms with E-state index in [9.17, 15) is 4.79 Å². The molecule has 0 aliphatic carbocycles. The third-order valence-electron chi connectivity index (χ3n) is 3.46. The van der Waals surface area contributed by atoms with Gasteiger partial charge in [-0.05, 0) is 24.8 Å². The molecule has 0 radical (unpaired) electrons. The topological polar surface area (TPSA) is 83.8 Å². The Morgan fingerprint density at radius 1 is 1.47 bits per heavy atom. The lowest BCUT2D eigenvalue weighted by Gasteiger charge is -2.26. The van der Waals surface area contributed by atoms with Crippen molar-refractivity contribution in [3.05, 3.63) is 17.5 Å². The van der Waals surface area contributed by atoms with Crippen molar-refractivity contribution in [2.24, 2.45) is 5.73 Å². The summed E-state index contributed by atoms with van der Waals surface area (Å²) in [6, 6.07) is 1.79. The molecule has 0 saturated carbocycles. The zero-order valence-corrected chi connectivity index (χ0v) is 12.9. The van der Waals surface area contributed by atoms with Crippen LogP contribution in [-0.2, 0) is 0 Å². The Morgan fingerprint density at radius 2 is 2.05 bits per heavy atom. The fourth-order valence-electron chi connectivity index (χ4n) is 1.60. The number of carbonyl (C=O) groups is 1. The Bertz CT molecular complexity index is 399. The molecule has 0 atom stereocenters. The summed E-state index contributed by atoms with van der Waals surface area (Å²) >= 11 is 0. The molecule has 0 saturated heterocycles. The Labute approximate surface area is 121 Å². The molecule has 1 rings (SSSR count). The molecule has 110 valence electrons. The quantitative estimate of drug-likeness (QED) is 0.750. The lowest BCUT2D eigenvalue weighted by Crippen LogP contribution is -2.49. The van der Waals surface area contributed by atoms with Crippen molar-refractivity contribution in [2.75, 3.05) is 6.54 Å². The number of halogens is 1. The van der Waals surface area contributed by atoms with Crippen molar-refractivity contribution in [3.63, 3.8) is 0 Å². The predicted molar refractivity (Wildman–Crippen MR) is 79.8 cm³/mol. The van der Waals surface area contributed by atoms with E-state index in [0.717, 1.165) is 18.5 Å². The molecule has 1 aromatic rings. The maximum atomic E-state index is 11.9. The minimum Gasteiger partial charge on any atom is -0.349 e. The number of H-pyrrole nitrogens is 1. The predicted octanol–water partition coefficient (Wildman–Crippen LogP) is 2.20. The van der Waals surface area contributed by atoms with Crippen LogP contribution in [0.4, 0.5) is 0 Å². The SMILES string of the molecule is CCC(N)(CC)CNC(=O)c1cc(C(C)C)[nH]n1.Cl. The molecule has 0 aromatic carbocycles. The molecule has 1 heterocycles. The standard InChI is InChI=1S/C13H24N4O.ClH/c1-5-13(14,6-2)8-15-12(18)11-7-10(9(3)4)16-17-11;/h7,9H,5-6,8,14H2,1-4H3,(H,15,18)(H,16,17);1H. The van der Waals surface area contributed by atoms with Gasteiger partial charge in [0.15, 0.2) is 0 Å². The van der Waals surface area contributed by atoms with Crippen LogP contribution in [0.2, 0.25) is 0 Å². The summed E-state index contributed by atoms with van der Waals surface area (Å²) in [7, 11) is 0. The molecule has 0 spiro atoms. The highest BCUT2D eigenvalue weighted by Crippen LogP contribution is 2.13. The Kier molecular flexibility index (Phi) is 7.08. The molecule has 5 nitrogen and oxygen atoms in total. The van der Waals surface area contributed by atoms with Crippen LogP contribution in [0.25, 0.3) is 0 Å². The first-order valence-electron chi connectivity index (χ1n) is 6.54. The van der Waals surface area contributed by atoms with E-state index >= 15 is 0 Å². The van der Waals surface area contributed by atoms with Gasteiger partial charge in [-0.25, -0.2) is 0 Å². The zero-order chi connectivity index (χ0) is 13.8. The van der Waals surface area contributed by atoms with Crippen LogP contribution in [0, 0.1) is 0 Å². The summed E-state index contributed by atoms with van der Waals surface area (Å²) in [6.07, 6.45) is 1.67. The minimum absolute atomic E-state index is 0. The van der Waals surface area contributed by atoms with Crippen molar-refractivity contribution in [1.82, 2.24) is 15.5 Å². The summed E-state index contributed by atoms with van der Waals surface area (Å²) in [5, 5.41) is 9.73. The van der Waals surface area contributed by atoms with Crippen LogP contribution in [-0.4, -0.2) is 28.2 Å². The minimum atomic E-state index is -0.327. The summed E-state index contributed by atoms with van der Waals surface area (Å²) in [5.41, 5.74) is 7.19. The van der Waals surface area contributed by atoms with Crippen molar-refractivity contribution >= 4 is 18.3 Å². The normalized spacial score (nSPS) is 11.3. The Hall–Kier alpha value is -1.07. The molecular formula is C13H25ClN4O. The molecule has 6 heteroatoms. The number of nitrogens with zero attached hydrogens (tertiary/aromatic N) is 1. The zero-order valence-electron chi connectivity index (χ0n) is 12.1. The molecule has 0 aliphatic rings. The third kappa shape index (κ3) is 4.84. The molecule has 0 aliphatic heterocycles. The lowest BCUT2D eigenvalue weighted by molar-refractivity contribution is 0.0937. The average Bonchev–Trinajstić information content (AvgIpc) is 2.85. The largest absolute Gasteiger partial charge is 0.349 e. The van der Waals surface area contributed by atoms with Gasteiger partial charge in [0.25, 0.3) is 5.91 Å². The second kappa shape index (κ2) is 7.50. The highest BCUT2D eigenvalue weighted by Gasteiger charge is 2.22. The molecule has 0 unspecified atom stereocenters. The van der Waals surface area contributed by atoms with Crippen LogP contribution in [0.3, 0.4) is 0 Å². The number of nitrogens with one attached hydrogen (secondary N) is 2. The van der Waals surface area contributed by atoms with Gasteiger partial charge in [-0.15, -0.1) is 12.4 Å². The van der Waals surface area contributed by atoms with E-state index in [1.165, 1.54) is 0 Å².